The van der Waals surface area contributed by atoms with Gasteiger partial charge in [-0.15, -0.1) is 0 Å². The highest BCUT2D eigenvalue weighted by atomic mass is 35.5. The normalized spacial score (nSPS) is 10.9. The van der Waals surface area contributed by atoms with E-state index in [0.717, 1.165) is 29.2 Å². The maximum atomic E-state index is 13.3. The summed E-state index contributed by atoms with van der Waals surface area (Å²) in [5, 5.41) is 3.33. The third kappa shape index (κ3) is 2.90. The van der Waals surface area contributed by atoms with Gasteiger partial charge in [0.05, 0.1) is 10.7 Å². The van der Waals surface area contributed by atoms with Crippen molar-refractivity contribution in [3.05, 3.63) is 40.9 Å². The number of rotatable bonds is 4. The average Bonchev–Trinajstić information content (AvgIpc) is 2.42. The molecule has 1 N–H and O–H groups in total. The summed E-state index contributed by atoms with van der Waals surface area (Å²) >= 11 is 5.86. The van der Waals surface area contributed by atoms with Crippen LogP contribution in [0.1, 0.15) is 32.3 Å². The Balaban J connectivity index is 2.60. The molecule has 5 heteroatoms. The summed E-state index contributed by atoms with van der Waals surface area (Å²) in [5.41, 5.74) is 2.59. The molecule has 1 aromatic carbocycles. The molecule has 0 aliphatic heterocycles. The van der Waals surface area contributed by atoms with Gasteiger partial charge in [0.15, 0.2) is 0 Å². The van der Waals surface area contributed by atoms with Crippen LogP contribution < -0.4 is 5.32 Å². The van der Waals surface area contributed by atoms with Gasteiger partial charge in [-0.2, -0.15) is 0 Å². The summed E-state index contributed by atoms with van der Waals surface area (Å²) in [6.07, 6.45) is 1.51. The predicted molar refractivity (Wildman–Crippen MR) is 80.7 cm³/mol. The van der Waals surface area contributed by atoms with Gasteiger partial charge in [0.2, 0.25) is 0 Å². The van der Waals surface area contributed by atoms with E-state index in [1.54, 1.807) is 12.1 Å². The van der Waals surface area contributed by atoms with Crippen LogP contribution in [0.15, 0.2) is 24.5 Å². The van der Waals surface area contributed by atoms with Crippen molar-refractivity contribution in [1.29, 1.82) is 0 Å². The quantitative estimate of drug-likeness (QED) is 0.902. The minimum atomic E-state index is -0.428. The molecule has 2 aromatic rings. The standard InChI is InChI=1S/C15H17ClFN3/c1-4-18-15-13(9(2)3)14(19-8-20-15)10-5-6-12(17)11(16)7-10/h5-9H,4H2,1-3H3,(H,18,19,20). The molecule has 20 heavy (non-hydrogen) atoms. The molecule has 0 amide bonds. The van der Waals surface area contributed by atoms with Crippen LogP contribution >= 0.6 is 11.6 Å². The van der Waals surface area contributed by atoms with E-state index in [9.17, 15) is 4.39 Å². The van der Waals surface area contributed by atoms with E-state index in [1.165, 1.54) is 12.4 Å². The lowest BCUT2D eigenvalue weighted by Crippen LogP contribution is -2.07. The topological polar surface area (TPSA) is 37.8 Å². The van der Waals surface area contributed by atoms with E-state index in [4.69, 9.17) is 11.6 Å². The first-order chi connectivity index (χ1) is 9.54. The number of halogens is 2. The Kier molecular flexibility index (Phi) is 4.55. The molecule has 0 saturated carbocycles. The number of hydrogen-bond donors (Lipinski definition) is 1. The van der Waals surface area contributed by atoms with Crippen molar-refractivity contribution in [1.82, 2.24) is 9.97 Å². The molecule has 0 saturated heterocycles. The highest BCUT2D eigenvalue weighted by Crippen LogP contribution is 2.33. The fourth-order valence-electron chi connectivity index (χ4n) is 2.12. The second kappa shape index (κ2) is 6.18. The molecule has 0 unspecified atom stereocenters. The molecule has 3 nitrogen and oxygen atoms in total. The molecule has 0 aliphatic carbocycles. The van der Waals surface area contributed by atoms with Crippen LogP contribution in [-0.4, -0.2) is 16.5 Å². The first-order valence-electron chi connectivity index (χ1n) is 6.58. The average molecular weight is 294 g/mol. The van der Waals surface area contributed by atoms with Crippen LogP contribution in [0.25, 0.3) is 11.3 Å². The van der Waals surface area contributed by atoms with Crippen molar-refractivity contribution in [2.75, 3.05) is 11.9 Å². The molecule has 0 bridgehead atoms. The number of nitrogens with one attached hydrogen (secondary N) is 1. The Hall–Kier alpha value is -1.68. The minimum absolute atomic E-state index is 0.0980. The van der Waals surface area contributed by atoms with E-state index >= 15 is 0 Å². The van der Waals surface area contributed by atoms with Gasteiger partial charge >= 0.3 is 0 Å². The lowest BCUT2D eigenvalue weighted by molar-refractivity contribution is 0.628. The molecule has 1 aromatic heterocycles. The smallest absolute Gasteiger partial charge is 0.141 e. The van der Waals surface area contributed by atoms with Crippen LogP contribution in [-0.2, 0) is 0 Å². The Labute approximate surface area is 123 Å². The fourth-order valence-corrected chi connectivity index (χ4v) is 2.30. The van der Waals surface area contributed by atoms with Gasteiger partial charge < -0.3 is 5.32 Å². The van der Waals surface area contributed by atoms with Gasteiger partial charge in [-0.1, -0.05) is 25.4 Å². The first kappa shape index (κ1) is 14.7. The molecule has 0 radical (unpaired) electrons. The summed E-state index contributed by atoms with van der Waals surface area (Å²) in [6, 6.07) is 4.64. The van der Waals surface area contributed by atoms with Gasteiger partial charge in [-0.25, -0.2) is 14.4 Å². The van der Waals surface area contributed by atoms with Crippen LogP contribution in [0.3, 0.4) is 0 Å². The molecular weight excluding hydrogens is 277 g/mol. The molecule has 0 fully saturated rings. The Bertz CT molecular complexity index is 614. The van der Waals surface area contributed by atoms with Crippen molar-refractivity contribution in [3.63, 3.8) is 0 Å². The minimum Gasteiger partial charge on any atom is -0.370 e. The van der Waals surface area contributed by atoms with Gasteiger partial charge in [0.25, 0.3) is 0 Å². The monoisotopic (exact) mass is 293 g/mol. The zero-order chi connectivity index (χ0) is 14.7. The summed E-state index contributed by atoms with van der Waals surface area (Å²) in [5.74, 6) is 0.625. The molecule has 1 heterocycles. The van der Waals surface area contributed by atoms with Gasteiger partial charge in [0.1, 0.15) is 18.0 Å². The first-order valence-corrected chi connectivity index (χ1v) is 6.96. The van der Waals surface area contributed by atoms with Gasteiger partial charge in [0, 0.05) is 17.7 Å². The number of anilines is 1. The second-order valence-corrected chi connectivity index (χ2v) is 5.21. The van der Waals surface area contributed by atoms with E-state index < -0.39 is 5.82 Å². The molecule has 106 valence electrons. The molecule has 0 atom stereocenters. The lowest BCUT2D eigenvalue weighted by Gasteiger charge is -2.16. The summed E-state index contributed by atoms with van der Waals surface area (Å²) in [6.45, 7) is 6.95. The van der Waals surface area contributed by atoms with Crippen molar-refractivity contribution in [3.8, 4) is 11.3 Å². The molecule has 2 rings (SSSR count). The van der Waals surface area contributed by atoms with E-state index in [0.29, 0.717) is 0 Å². The molecular formula is C15H17ClFN3. The highest BCUT2D eigenvalue weighted by Gasteiger charge is 2.16. The zero-order valence-corrected chi connectivity index (χ0v) is 12.5. The summed E-state index contributed by atoms with van der Waals surface area (Å²) in [7, 11) is 0. The van der Waals surface area contributed by atoms with Crippen molar-refractivity contribution in [2.24, 2.45) is 0 Å². The zero-order valence-electron chi connectivity index (χ0n) is 11.7. The summed E-state index contributed by atoms with van der Waals surface area (Å²) in [4.78, 5) is 8.64. The Morgan fingerprint density at radius 3 is 2.65 bits per heavy atom. The van der Waals surface area contributed by atoms with Crippen LogP contribution in [0.2, 0.25) is 5.02 Å². The summed E-state index contributed by atoms with van der Waals surface area (Å²) < 4.78 is 13.3. The maximum absolute atomic E-state index is 13.3. The fraction of sp³-hybridized carbons (Fsp3) is 0.333. The maximum Gasteiger partial charge on any atom is 0.141 e. The number of hydrogen-bond acceptors (Lipinski definition) is 3. The molecule has 0 spiro atoms. The number of aromatic nitrogens is 2. The van der Waals surface area contributed by atoms with Gasteiger partial charge in [-0.05, 0) is 31.0 Å². The van der Waals surface area contributed by atoms with Crippen LogP contribution in [0.4, 0.5) is 10.2 Å². The number of benzene rings is 1. The molecule has 0 aliphatic rings. The van der Waals surface area contributed by atoms with E-state index in [1.807, 2.05) is 6.92 Å². The van der Waals surface area contributed by atoms with Crippen LogP contribution in [0.5, 0.6) is 0 Å². The highest BCUT2D eigenvalue weighted by molar-refractivity contribution is 6.31. The lowest BCUT2D eigenvalue weighted by atomic mass is 9.97. The van der Waals surface area contributed by atoms with Crippen molar-refractivity contribution in [2.45, 2.75) is 26.7 Å². The third-order valence-corrected chi connectivity index (χ3v) is 3.29. The third-order valence-electron chi connectivity index (χ3n) is 3.00. The van der Waals surface area contributed by atoms with Crippen molar-refractivity contribution < 1.29 is 4.39 Å². The van der Waals surface area contributed by atoms with Crippen molar-refractivity contribution >= 4 is 17.4 Å². The van der Waals surface area contributed by atoms with E-state index in [-0.39, 0.29) is 10.9 Å². The van der Waals surface area contributed by atoms with Crippen LogP contribution in [0, 0.1) is 5.82 Å². The second-order valence-electron chi connectivity index (χ2n) is 4.80. The SMILES string of the molecule is CCNc1ncnc(-c2ccc(F)c(Cl)c2)c1C(C)C. The van der Waals surface area contributed by atoms with E-state index in [2.05, 4.69) is 29.1 Å². The Morgan fingerprint density at radius 1 is 1.30 bits per heavy atom. The largest absolute Gasteiger partial charge is 0.370 e. The van der Waals surface area contributed by atoms with Gasteiger partial charge in [-0.3, -0.25) is 0 Å². The number of nitrogens with zero attached hydrogens (tertiary/aromatic N) is 2. The predicted octanol–water partition coefficient (Wildman–Crippen LogP) is 4.49. The Morgan fingerprint density at radius 2 is 2.05 bits per heavy atom.